The van der Waals surface area contributed by atoms with Gasteiger partial charge in [-0.25, -0.2) is 9.78 Å². The minimum absolute atomic E-state index is 0.229. The van der Waals surface area contributed by atoms with E-state index in [1.54, 1.807) is 39.0 Å². The Labute approximate surface area is 192 Å². The second-order valence-electron chi connectivity index (χ2n) is 7.55. The maximum Gasteiger partial charge on any atom is 0.336 e. The van der Waals surface area contributed by atoms with E-state index in [1.165, 1.54) is 0 Å². The monoisotopic (exact) mass is 455 g/mol. The van der Waals surface area contributed by atoms with Crippen LogP contribution >= 0.6 is 11.3 Å². The highest BCUT2D eigenvalue weighted by Crippen LogP contribution is 2.43. The van der Waals surface area contributed by atoms with Crippen molar-refractivity contribution in [3.63, 3.8) is 0 Å². The quantitative estimate of drug-likeness (QED) is 0.586. The fourth-order valence-corrected chi connectivity index (χ4v) is 4.73. The minimum atomic E-state index is -0.735. The van der Waals surface area contributed by atoms with Gasteiger partial charge in [-0.1, -0.05) is 18.2 Å². The van der Waals surface area contributed by atoms with Crippen LogP contribution in [0.4, 0.5) is 10.8 Å². The maximum absolute atomic E-state index is 13.0. The molecule has 1 aromatic heterocycles. The summed E-state index contributed by atoms with van der Waals surface area (Å²) >= 11 is 1.55. The standard InChI is InChI=1S/C24H29N3O4S/c1-7-30-22(28)19-14(4)25-15(5)20(23(29)31-8-2)21(19)17-11-9-10-12-18(17)27-24-26-13(3)16(6)32-24/h9-12,19,21H,7-8H2,1-6H3,(H,26,27). The summed E-state index contributed by atoms with van der Waals surface area (Å²) in [6.07, 6.45) is 0. The SMILES string of the molecule is CCOC(=O)C1=C(C)N=C(C)C(C(=O)OCC)C1c1ccccc1Nc1nc(C)c(C)s1. The van der Waals surface area contributed by atoms with Crippen LogP contribution in [0.25, 0.3) is 0 Å². The van der Waals surface area contributed by atoms with Gasteiger partial charge in [0.2, 0.25) is 0 Å². The first-order valence-corrected chi connectivity index (χ1v) is 11.5. The van der Waals surface area contributed by atoms with E-state index in [2.05, 4.69) is 15.3 Å². The molecule has 32 heavy (non-hydrogen) atoms. The van der Waals surface area contributed by atoms with E-state index in [4.69, 9.17) is 9.47 Å². The number of hydrogen-bond donors (Lipinski definition) is 1. The molecule has 0 aliphatic carbocycles. The second-order valence-corrected chi connectivity index (χ2v) is 8.76. The molecule has 2 aromatic rings. The molecule has 0 saturated heterocycles. The molecule has 1 N–H and O–H groups in total. The van der Waals surface area contributed by atoms with Crippen molar-refractivity contribution in [1.82, 2.24) is 4.98 Å². The Hall–Kier alpha value is -3.00. The number of aliphatic imine (C=N–C) groups is 1. The normalized spacial score (nSPS) is 18.2. The molecule has 1 aromatic carbocycles. The van der Waals surface area contributed by atoms with Crippen molar-refractivity contribution >= 4 is 39.8 Å². The third-order valence-corrected chi connectivity index (χ3v) is 6.42. The molecule has 0 amide bonds. The molecule has 3 rings (SSSR count). The molecule has 7 nitrogen and oxygen atoms in total. The fourth-order valence-electron chi connectivity index (χ4n) is 3.91. The first kappa shape index (κ1) is 23.7. The zero-order valence-corrected chi connectivity index (χ0v) is 20.1. The molecule has 0 bridgehead atoms. The van der Waals surface area contributed by atoms with E-state index < -0.39 is 23.8 Å². The number of anilines is 2. The summed E-state index contributed by atoms with van der Waals surface area (Å²) in [6, 6.07) is 7.63. The topological polar surface area (TPSA) is 89.9 Å². The lowest BCUT2D eigenvalue weighted by atomic mass is 9.75. The highest BCUT2D eigenvalue weighted by molar-refractivity contribution is 7.15. The number of benzene rings is 1. The van der Waals surface area contributed by atoms with E-state index >= 15 is 0 Å². The molecule has 0 saturated carbocycles. The van der Waals surface area contributed by atoms with E-state index in [-0.39, 0.29) is 13.2 Å². The Morgan fingerprint density at radius 2 is 1.75 bits per heavy atom. The number of esters is 2. The van der Waals surface area contributed by atoms with Crippen LogP contribution in [0.1, 0.15) is 49.7 Å². The lowest BCUT2D eigenvalue weighted by Gasteiger charge is -2.32. The molecule has 0 spiro atoms. The summed E-state index contributed by atoms with van der Waals surface area (Å²) in [4.78, 5) is 36.3. The summed E-state index contributed by atoms with van der Waals surface area (Å²) in [5.41, 5.74) is 4.04. The van der Waals surface area contributed by atoms with Crippen molar-refractivity contribution in [1.29, 1.82) is 0 Å². The van der Waals surface area contributed by atoms with Crippen LogP contribution in [0.15, 0.2) is 40.5 Å². The van der Waals surface area contributed by atoms with Gasteiger partial charge in [0.25, 0.3) is 0 Å². The Bertz CT molecular complexity index is 1070. The van der Waals surface area contributed by atoms with E-state index in [0.717, 1.165) is 27.0 Å². The van der Waals surface area contributed by atoms with Crippen LogP contribution in [-0.4, -0.2) is 35.8 Å². The summed E-state index contributed by atoms with van der Waals surface area (Å²) in [6.45, 7) is 11.5. The molecule has 1 aliphatic heterocycles. The average Bonchev–Trinajstić information content (AvgIpc) is 3.05. The third kappa shape index (κ3) is 4.75. The van der Waals surface area contributed by atoms with Gasteiger partial charge >= 0.3 is 11.9 Å². The van der Waals surface area contributed by atoms with Crippen molar-refractivity contribution in [2.75, 3.05) is 18.5 Å². The van der Waals surface area contributed by atoms with Gasteiger partial charge in [0.1, 0.15) is 5.92 Å². The maximum atomic E-state index is 13.0. The predicted molar refractivity (Wildman–Crippen MR) is 127 cm³/mol. The Morgan fingerprint density at radius 3 is 2.38 bits per heavy atom. The number of ether oxygens (including phenoxy) is 2. The lowest BCUT2D eigenvalue weighted by molar-refractivity contribution is -0.146. The van der Waals surface area contributed by atoms with Crippen LogP contribution in [0.2, 0.25) is 0 Å². The number of aryl methyl sites for hydroxylation is 2. The molecule has 8 heteroatoms. The van der Waals surface area contributed by atoms with Crippen LogP contribution < -0.4 is 5.32 Å². The molecule has 170 valence electrons. The van der Waals surface area contributed by atoms with Gasteiger partial charge in [-0.15, -0.1) is 11.3 Å². The molecular weight excluding hydrogens is 426 g/mol. The minimum Gasteiger partial charge on any atom is -0.465 e. The van der Waals surface area contributed by atoms with Gasteiger partial charge in [-0.2, -0.15) is 0 Å². The highest BCUT2D eigenvalue weighted by atomic mass is 32.1. The summed E-state index contributed by atoms with van der Waals surface area (Å²) in [5, 5.41) is 4.13. The number of nitrogens with one attached hydrogen (secondary N) is 1. The van der Waals surface area contributed by atoms with Gasteiger partial charge in [-0.05, 0) is 53.2 Å². The number of carbonyl (C=O) groups excluding carboxylic acids is 2. The summed E-state index contributed by atoms with van der Waals surface area (Å²) < 4.78 is 10.7. The van der Waals surface area contributed by atoms with Crippen LogP contribution in [0, 0.1) is 19.8 Å². The van der Waals surface area contributed by atoms with Crippen molar-refractivity contribution in [2.24, 2.45) is 10.9 Å². The molecule has 2 heterocycles. The van der Waals surface area contributed by atoms with Crippen molar-refractivity contribution in [3.8, 4) is 0 Å². The molecular formula is C24H29N3O4S. The van der Waals surface area contributed by atoms with Crippen molar-refractivity contribution in [3.05, 3.63) is 51.7 Å². The number of hydrogen-bond acceptors (Lipinski definition) is 8. The van der Waals surface area contributed by atoms with Gasteiger partial charge < -0.3 is 14.8 Å². The molecule has 1 aliphatic rings. The third-order valence-electron chi connectivity index (χ3n) is 5.43. The Kier molecular flexibility index (Phi) is 7.45. The Morgan fingerprint density at radius 1 is 1.06 bits per heavy atom. The smallest absolute Gasteiger partial charge is 0.336 e. The molecule has 0 radical (unpaired) electrons. The van der Waals surface area contributed by atoms with E-state index in [9.17, 15) is 9.59 Å². The fraction of sp³-hybridized carbons (Fsp3) is 0.417. The number of thiazole rings is 1. The zero-order valence-electron chi connectivity index (χ0n) is 19.3. The lowest BCUT2D eigenvalue weighted by Crippen LogP contribution is -2.36. The average molecular weight is 456 g/mol. The van der Waals surface area contributed by atoms with Crippen LogP contribution in [-0.2, 0) is 19.1 Å². The van der Waals surface area contributed by atoms with Gasteiger partial charge in [-0.3, -0.25) is 9.79 Å². The van der Waals surface area contributed by atoms with Gasteiger partial charge in [0.05, 0.1) is 24.5 Å². The highest BCUT2D eigenvalue weighted by Gasteiger charge is 2.43. The number of nitrogens with zero attached hydrogens (tertiary/aromatic N) is 2. The molecule has 2 atom stereocenters. The largest absolute Gasteiger partial charge is 0.465 e. The summed E-state index contributed by atoms with van der Waals surface area (Å²) in [5.74, 6) is -2.22. The number of para-hydroxylation sites is 1. The number of allylic oxidation sites excluding steroid dienone is 1. The van der Waals surface area contributed by atoms with E-state index in [1.807, 2.05) is 38.1 Å². The van der Waals surface area contributed by atoms with Gasteiger partial charge in [0.15, 0.2) is 5.13 Å². The van der Waals surface area contributed by atoms with Crippen LogP contribution in [0.5, 0.6) is 0 Å². The molecule has 0 fully saturated rings. The van der Waals surface area contributed by atoms with Crippen molar-refractivity contribution in [2.45, 2.75) is 47.5 Å². The van der Waals surface area contributed by atoms with Gasteiger partial charge in [0, 0.05) is 27.9 Å². The Balaban J connectivity index is 2.16. The number of carbonyl (C=O) groups is 2. The number of aromatic nitrogens is 1. The summed E-state index contributed by atoms with van der Waals surface area (Å²) in [7, 11) is 0. The predicted octanol–water partition coefficient (Wildman–Crippen LogP) is 5.08. The van der Waals surface area contributed by atoms with Crippen molar-refractivity contribution < 1.29 is 19.1 Å². The first-order valence-electron chi connectivity index (χ1n) is 10.7. The van der Waals surface area contributed by atoms with Crippen LogP contribution in [0.3, 0.4) is 0 Å². The number of rotatable bonds is 7. The zero-order chi connectivity index (χ0) is 23.4. The van der Waals surface area contributed by atoms with E-state index in [0.29, 0.717) is 17.0 Å². The molecule has 2 unspecified atom stereocenters. The second kappa shape index (κ2) is 10.1. The first-order chi connectivity index (χ1) is 15.3.